The fraction of sp³-hybridized carbons (Fsp3) is 0.500. The zero-order chi connectivity index (χ0) is 28.9. The monoisotopic (exact) mass is 538 g/mol. The van der Waals surface area contributed by atoms with Gasteiger partial charge in [0.05, 0.1) is 11.6 Å². The standard InChI is InChI=1S/C28H34N4O7/c1-27(2,3)26-30-14-10-15(31(4)5)12-8-11-9-13-19(32(6)7)21(34)18(25(29)37)24(36)28(13,38)23(35)16(11)20(33)17(12)22(14)39-26/h10-11,13,19,34-35,38H,8-9H2,1-7H3,(H2,29,37)/t11-,13-,19-,28-/m0/s1. The first-order chi connectivity index (χ1) is 18.0. The van der Waals surface area contributed by atoms with Gasteiger partial charge in [0.25, 0.3) is 5.91 Å². The molecular formula is C28H34N4O7. The number of fused-ring (bicyclic) bond motifs is 5. The number of hydrogen-bond donors (Lipinski definition) is 4. The number of nitrogens with zero attached hydrogens (tertiary/aromatic N) is 3. The van der Waals surface area contributed by atoms with Gasteiger partial charge in [-0.15, -0.1) is 0 Å². The topological polar surface area (TPSA) is 170 Å². The van der Waals surface area contributed by atoms with Crippen molar-refractivity contribution in [2.24, 2.45) is 17.6 Å². The molecule has 3 aliphatic rings. The van der Waals surface area contributed by atoms with Gasteiger partial charge in [-0.1, -0.05) is 20.8 Å². The molecule has 0 saturated heterocycles. The van der Waals surface area contributed by atoms with E-state index in [1.807, 2.05) is 45.8 Å². The summed E-state index contributed by atoms with van der Waals surface area (Å²) in [6.07, 6.45) is 0.393. The molecule has 0 unspecified atom stereocenters. The molecule has 1 aromatic carbocycles. The first-order valence-corrected chi connectivity index (χ1v) is 12.8. The Morgan fingerprint density at radius 3 is 2.36 bits per heavy atom. The molecule has 11 nitrogen and oxygen atoms in total. The molecule has 0 bridgehead atoms. The maximum Gasteiger partial charge on any atom is 0.255 e. The van der Waals surface area contributed by atoms with Crippen LogP contribution in [0.1, 0.15) is 49.0 Å². The summed E-state index contributed by atoms with van der Waals surface area (Å²) in [5.74, 6) is -5.59. The van der Waals surface area contributed by atoms with Crippen LogP contribution in [-0.2, 0) is 21.4 Å². The minimum absolute atomic E-state index is 0.0836. The number of benzene rings is 1. The van der Waals surface area contributed by atoms with Crippen molar-refractivity contribution in [3.05, 3.63) is 45.7 Å². The number of hydrogen-bond acceptors (Lipinski definition) is 10. The van der Waals surface area contributed by atoms with Gasteiger partial charge in [0, 0.05) is 36.7 Å². The number of ketones is 2. The molecule has 11 heteroatoms. The van der Waals surface area contributed by atoms with E-state index in [0.29, 0.717) is 23.4 Å². The van der Waals surface area contributed by atoms with Gasteiger partial charge < -0.3 is 30.4 Å². The lowest BCUT2D eigenvalue weighted by molar-refractivity contribution is -0.148. The summed E-state index contributed by atoms with van der Waals surface area (Å²) < 4.78 is 6.12. The molecule has 5 rings (SSSR count). The van der Waals surface area contributed by atoms with Gasteiger partial charge in [0.15, 0.2) is 17.0 Å². The summed E-state index contributed by atoms with van der Waals surface area (Å²) in [4.78, 5) is 47.9. The number of carbonyl (C=O) groups is 3. The Labute approximate surface area is 225 Å². The van der Waals surface area contributed by atoms with Gasteiger partial charge in [-0.05, 0) is 44.5 Å². The molecule has 208 valence electrons. The molecule has 1 aromatic heterocycles. The number of aliphatic hydroxyl groups excluding tert-OH is 2. The third-order valence-corrected chi connectivity index (χ3v) is 8.20. The van der Waals surface area contributed by atoms with E-state index in [4.69, 9.17) is 10.2 Å². The number of carbonyl (C=O) groups excluding carboxylic acids is 3. The zero-order valence-corrected chi connectivity index (χ0v) is 23.1. The van der Waals surface area contributed by atoms with E-state index >= 15 is 0 Å². The summed E-state index contributed by atoms with van der Waals surface area (Å²) in [7, 11) is 6.94. The molecule has 0 saturated carbocycles. The number of anilines is 1. The molecule has 5 N–H and O–H groups in total. The number of aliphatic hydroxyl groups is 3. The predicted octanol–water partition coefficient (Wildman–Crippen LogP) is 1.92. The second-order valence-corrected chi connectivity index (χ2v) is 12.2. The van der Waals surface area contributed by atoms with Crippen molar-refractivity contribution in [1.29, 1.82) is 0 Å². The number of amides is 1. The summed E-state index contributed by atoms with van der Waals surface area (Å²) in [5, 5.41) is 34.3. The highest BCUT2D eigenvalue weighted by Gasteiger charge is 2.63. The van der Waals surface area contributed by atoms with E-state index < -0.39 is 63.5 Å². The smallest absolute Gasteiger partial charge is 0.255 e. The number of allylic oxidation sites excluding steroid dienone is 1. The van der Waals surface area contributed by atoms with Gasteiger partial charge >= 0.3 is 0 Å². The molecule has 1 heterocycles. The maximum atomic E-state index is 14.2. The molecular weight excluding hydrogens is 504 g/mol. The first kappa shape index (κ1) is 26.9. The lowest BCUT2D eigenvalue weighted by atomic mass is 9.58. The molecule has 39 heavy (non-hydrogen) atoms. The summed E-state index contributed by atoms with van der Waals surface area (Å²) in [5.41, 5.74) is 3.90. The summed E-state index contributed by atoms with van der Waals surface area (Å²) >= 11 is 0. The van der Waals surface area contributed by atoms with E-state index in [9.17, 15) is 29.7 Å². The lowest BCUT2D eigenvalue weighted by Gasteiger charge is -2.50. The molecule has 0 radical (unpaired) electrons. The van der Waals surface area contributed by atoms with Crippen molar-refractivity contribution in [2.75, 3.05) is 33.1 Å². The van der Waals surface area contributed by atoms with Crippen LogP contribution in [0.3, 0.4) is 0 Å². The van der Waals surface area contributed by atoms with Crippen molar-refractivity contribution in [2.45, 2.75) is 50.7 Å². The van der Waals surface area contributed by atoms with Crippen LogP contribution in [0.2, 0.25) is 0 Å². The predicted molar refractivity (Wildman–Crippen MR) is 143 cm³/mol. The van der Waals surface area contributed by atoms with Crippen LogP contribution >= 0.6 is 0 Å². The highest BCUT2D eigenvalue weighted by Crippen LogP contribution is 2.53. The normalized spacial score (nSPS) is 27.2. The number of oxazole rings is 1. The second-order valence-electron chi connectivity index (χ2n) is 12.2. The number of Topliss-reactive ketones (excluding diaryl/α,β-unsaturated/α-hetero) is 2. The number of primary amides is 1. The average Bonchev–Trinajstić information content (AvgIpc) is 3.25. The van der Waals surface area contributed by atoms with Crippen molar-refractivity contribution < 1.29 is 34.1 Å². The van der Waals surface area contributed by atoms with Crippen LogP contribution in [0, 0.1) is 11.8 Å². The van der Waals surface area contributed by atoms with Crippen LogP contribution in [0.4, 0.5) is 5.69 Å². The molecule has 1 amide bonds. The van der Waals surface area contributed by atoms with E-state index in [1.54, 1.807) is 19.0 Å². The van der Waals surface area contributed by atoms with E-state index in [-0.39, 0.29) is 23.1 Å². The SMILES string of the molecule is CN(C)c1cc2nc(C(C)(C)C)oc2c2c1C[C@H]1C[C@H]3[C@H](N(C)C)C(O)=C(C(N)=O)C(=O)[C@@]3(O)C(O)=C1C2=O. The van der Waals surface area contributed by atoms with E-state index in [1.165, 1.54) is 0 Å². The summed E-state index contributed by atoms with van der Waals surface area (Å²) in [6.45, 7) is 5.82. The van der Waals surface area contributed by atoms with Crippen LogP contribution in [-0.4, -0.2) is 82.5 Å². The zero-order valence-electron chi connectivity index (χ0n) is 23.1. The Hall–Kier alpha value is -3.70. The summed E-state index contributed by atoms with van der Waals surface area (Å²) in [6, 6.07) is 0.865. The minimum atomic E-state index is -2.62. The van der Waals surface area contributed by atoms with Gasteiger partial charge in [-0.2, -0.15) is 0 Å². The van der Waals surface area contributed by atoms with Crippen molar-refractivity contribution in [3.63, 3.8) is 0 Å². The van der Waals surface area contributed by atoms with E-state index in [0.717, 1.165) is 5.69 Å². The number of nitrogens with two attached hydrogens (primary N) is 1. The van der Waals surface area contributed by atoms with Crippen LogP contribution in [0.15, 0.2) is 33.1 Å². The highest BCUT2D eigenvalue weighted by molar-refractivity contribution is 6.25. The van der Waals surface area contributed by atoms with Crippen molar-refractivity contribution in [1.82, 2.24) is 9.88 Å². The van der Waals surface area contributed by atoms with Crippen molar-refractivity contribution >= 4 is 34.3 Å². The number of rotatable bonds is 3. The fourth-order valence-electron chi connectivity index (χ4n) is 6.41. The van der Waals surface area contributed by atoms with E-state index in [2.05, 4.69) is 4.98 Å². The largest absolute Gasteiger partial charge is 0.510 e. The van der Waals surface area contributed by atoms with Crippen LogP contribution in [0.25, 0.3) is 11.1 Å². The Balaban J connectivity index is 1.79. The third kappa shape index (κ3) is 3.56. The molecule has 2 aromatic rings. The Morgan fingerprint density at radius 1 is 1.18 bits per heavy atom. The lowest BCUT2D eigenvalue weighted by Crippen LogP contribution is -2.63. The molecule has 4 atom stereocenters. The average molecular weight is 539 g/mol. The Kier molecular flexibility index (Phi) is 5.79. The van der Waals surface area contributed by atoms with Gasteiger partial charge in [0.2, 0.25) is 11.7 Å². The maximum absolute atomic E-state index is 14.2. The van der Waals surface area contributed by atoms with Crippen molar-refractivity contribution in [3.8, 4) is 0 Å². The fourth-order valence-corrected chi connectivity index (χ4v) is 6.41. The van der Waals surface area contributed by atoms with Gasteiger partial charge in [-0.3, -0.25) is 19.3 Å². The Bertz CT molecular complexity index is 1520. The first-order valence-electron chi connectivity index (χ1n) is 12.8. The van der Waals surface area contributed by atoms with Gasteiger partial charge in [0.1, 0.15) is 22.6 Å². The highest BCUT2D eigenvalue weighted by atomic mass is 16.4. The molecule has 3 aliphatic carbocycles. The molecule has 0 aliphatic heterocycles. The van der Waals surface area contributed by atoms with Crippen LogP contribution in [0.5, 0.6) is 0 Å². The molecule has 0 spiro atoms. The third-order valence-electron chi connectivity index (χ3n) is 8.20. The van der Waals surface area contributed by atoms with Gasteiger partial charge in [-0.25, -0.2) is 4.98 Å². The quantitative estimate of drug-likeness (QED) is 0.423. The minimum Gasteiger partial charge on any atom is -0.510 e. The second kappa shape index (κ2) is 8.40. The van der Waals surface area contributed by atoms with Crippen LogP contribution < -0.4 is 10.6 Å². The molecule has 0 fully saturated rings. The number of likely N-dealkylation sites (N-methyl/N-ethyl adjacent to an activating group) is 1. The number of aromatic nitrogens is 1. The Morgan fingerprint density at radius 2 is 1.82 bits per heavy atom.